The first-order valence-electron chi connectivity index (χ1n) is 19.7. The molecule has 0 radical (unpaired) electrons. The van der Waals surface area contributed by atoms with E-state index in [0.717, 1.165) is 57.8 Å². The van der Waals surface area contributed by atoms with E-state index in [1.165, 1.54) is 19.3 Å². The fourth-order valence-corrected chi connectivity index (χ4v) is 5.63. The summed E-state index contributed by atoms with van der Waals surface area (Å²) in [6.07, 6.45) is 16.9. The number of amides is 5. The van der Waals surface area contributed by atoms with Gasteiger partial charge >= 0.3 is 0 Å². The van der Waals surface area contributed by atoms with Crippen molar-refractivity contribution in [2.24, 2.45) is 17.2 Å². The van der Waals surface area contributed by atoms with Gasteiger partial charge in [-0.15, -0.1) is 0 Å². The molecule has 292 valence electrons. The van der Waals surface area contributed by atoms with Gasteiger partial charge < -0.3 is 43.8 Å². The molecular weight excluding hydrogens is 636 g/mol. The molecular formula is C37H74N8O5. The van der Waals surface area contributed by atoms with Gasteiger partial charge in [-0.05, 0) is 97.2 Å². The van der Waals surface area contributed by atoms with Crippen molar-refractivity contribution in [2.75, 3.05) is 26.2 Å². The van der Waals surface area contributed by atoms with Gasteiger partial charge in [0, 0.05) is 13.0 Å². The zero-order valence-electron chi connectivity index (χ0n) is 31.8. The predicted molar refractivity (Wildman–Crippen MR) is 202 cm³/mol. The summed E-state index contributed by atoms with van der Waals surface area (Å²) < 4.78 is 0. The third-order valence-electron chi connectivity index (χ3n) is 8.85. The van der Waals surface area contributed by atoms with Crippen molar-refractivity contribution in [2.45, 2.75) is 180 Å². The van der Waals surface area contributed by atoms with Gasteiger partial charge in [0.15, 0.2) is 0 Å². The summed E-state index contributed by atoms with van der Waals surface area (Å²) in [6.45, 7) is 7.78. The molecule has 13 nitrogen and oxygen atoms in total. The highest BCUT2D eigenvalue weighted by atomic mass is 16.2. The normalized spacial score (nSPS) is 13.5. The monoisotopic (exact) mass is 711 g/mol. The van der Waals surface area contributed by atoms with E-state index >= 15 is 0 Å². The summed E-state index contributed by atoms with van der Waals surface area (Å²) in [7, 11) is 0. The van der Waals surface area contributed by atoms with E-state index < -0.39 is 41.9 Å². The van der Waals surface area contributed by atoms with E-state index in [9.17, 15) is 24.0 Å². The first-order chi connectivity index (χ1) is 24.1. The second-order valence-electron chi connectivity index (χ2n) is 13.5. The van der Waals surface area contributed by atoms with E-state index in [2.05, 4.69) is 40.4 Å². The lowest BCUT2D eigenvalue weighted by Gasteiger charge is -2.26. The van der Waals surface area contributed by atoms with Gasteiger partial charge in [-0.1, -0.05) is 71.6 Å². The Morgan fingerprint density at radius 1 is 0.460 bits per heavy atom. The molecule has 0 aromatic carbocycles. The lowest BCUT2D eigenvalue weighted by atomic mass is 10.0. The average molecular weight is 711 g/mol. The van der Waals surface area contributed by atoms with Crippen LogP contribution < -0.4 is 43.8 Å². The average Bonchev–Trinajstić information content (AvgIpc) is 3.09. The van der Waals surface area contributed by atoms with E-state index in [1.54, 1.807) is 6.92 Å². The Hall–Kier alpha value is -2.77. The maximum absolute atomic E-state index is 13.7. The van der Waals surface area contributed by atoms with Crippen LogP contribution in [0.5, 0.6) is 0 Å². The standard InChI is InChI=1S/C37H74N8O5/c1-4-6-8-10-12-20-28-41-35(48)30(21-14-17-25-38)44-37(50)32(23-16-19-27-40)45-36(49)31(22-15-18-26-39)43-34(47)29(3)42-33(46)24-13-11-9-7-5-2/h29-32H,4-28,38-40H2,1-3H3,(H,41,48)(H,42,46)(H,43,47)(H,44,50)(H,45,49)/t29-,30-,31-,32+/m0/s1. The number of hydrogen-bond acceptors (Lipinski definition) is 8. The molecule has 4 atom stereocenters. The van der Waals surface area contributed by atoms with Gasteiger partial charge in [0.25, 0.3) is 0 Å². The van der Waals surface area contributed by atoms with Crippen LogP contribution >= 0.6 is 0 Å². The number of hydrogen-bond donors (Lipinski definition) is 8. The Bertz CT molecular complexity index is 922. The molecule has 0 aromatic rings. The van der Waals surface area contributed by atoms with Gasteiger partial charge in [-0.2, -0.15) is 0 Å². The molecule has 0 aliphatic carbocycles. The minimum Gasteiger partial charge on any atom is -0.354 e. The SMILES string of the molecule is CCCCCCCCNC(=O)[C@H](CCCCN)NC(=O)[C@@H](CCCCN)NC(=O)[C@H](CCCCN)NC(=O)[C@H](C)NC(=O)CCCCCCC. The van der Waals surface area contributed by atoms with Crippen molar-refractivity contribution >= 4 is 29.5 Å². The van der Waals surface area contributed by atoms with Crippen LogP contribution in [0, 0.1) is 0 Å². The van der Waals surface area contributed by atoms with Crippen LogP contribution in [0.25, 0.3) is 0 Å². The number of carbonyl (C=O) groups excluding carboxylic acids is 5. The quantitative estimate of drug-likeness (QED) is 0.0471. The molecule has 0 spiro atoms. The van der Waals surface area contributed by atoms with E-state index in [1.807, 2.05) is 0 Å². The molecule has 50 heavy (non-hydrogen) atoms. The molecule has 0 aromatic heterocycles. The van der Waals surface area contributed by atoms with Gasteiger partial charge in [0.2, 0.25) is 29.5 Å². The van der Waals surface area contributed by atoms with Crippen LogP contribution in [0.1, 0.15) is 156 Å². The molecule has 13 heteroatoms. The van der Waals surface area contributed by atoms with Crippen molar-refractivity contribution in [3.05, 3.63) is 0 Å². The zero-order valence-corrected chi connectivity index (χ0v) is 31.8. The van der Waals surface area contributed by atoms with Gasteiger partial charge in [0.1, 0.15) is 24.2 Å². The first kappa shape index (κ1) is 47.2. The molecule has 0 aliphatic heterocycles. The highest BCUT2D eigenvalue weighted by Crippen LogP contribution is 2.09. The van der Waals surface area contributed by atoms with Gasteiger partial charge in [-0.3, -0.25) is 24.0 Å². The number of nitrogens with two attached hydrogens (primary N) is 3. The van der Waals surface area contributed by atoms with Crippen LogP contribution in [0.2, 0.25) is 0 Å². The fraction of sp³-hybridized carbons (Fsp3) is 0.865. The summed E-state index contributed by atoms with van der Waals surface area (Å²) in [5, 5.41) is 14.2. The van der Waals surface area contributed by atoms with Crippen LogP contribution in [-0.2, 0) is 24.0 Å². The Morgan fingerprint density at radius 3 is 1.32 bits per heavy atom. The Kier molecular flexibility index (Phi) is 30.4. The molecule has 0 heterocycles. The third kappa shape index (κ3) is 24.4. The summed E-state index contributed by atoms with van der Waals surface area (Å²) in [5.74, 6) is -1.91. The minimum absolute atomic E-state index is 0.207. The lowest BCUT2D eigenvalue weighted by molar-refractivity contribution is -0.134. The number of carbonyl (C=O) groups is 5. The van der Waals surface area contributed by atoms with Gasteiger partial charge in [-0.25, -0.2) is 0 Å². The second-order valence-corrected chi connectivity index (χ2v) is 13.5. The summed E-state index contributed by atoms with van der Waals surface area (Å²) in [5.41, 5.74) is 17.1. The van der Waals surface area contributed by atoms with Crippen molar-refractivity contribution < 1.29 is 24.0 Å². The summed E-state index contributed by atoms with van der Waals surface area (Å²) in [4.78, 5) is 66.0. The lowest BCUT2D eigenvalue weighted by Crippen LogP contribution is -2.58. The summed E-state index contributed by atoms with van der Waals surface area (Å²) in [6, 6.07) is -3.47. The highest BCUT2D eigenvalue weighted by Gasteiger charge is 2.30. The smallest absolute Gasteiger partial charge is 0.243 e. The molecule has 0 rings (SSSR count). The molecule has 11 N–H and O–H groups in total. The Labute approximate surface area is 302 Å². The van der Waals surface area contributed by atoms with Crippen LogP contribution in [0.4, 0.5) is 0 Å². The molecule has 5 amide bonds. The fourth-order valence-electron chi connectivity index (χ4n) is 5.63. The zero-order chi connectivity index (χ0) is 37.4. The van der Waals surface area contributed by atoms with E-state index in [-0.39, 0.29) is 11.8 Å². The number of rotatable bonds is 33. The first-order valence-corrected chi connectivity index (χ1v) is 19.7. The predicted octanol–water partition coefficient (Wildman–Crippen LogP) is 3.17. The molecule has 0 saturated heterocycles. The molecule has 0 unspecified atom stereocenters. The van der Waals surface area contributed by atoms with E-state index in [4.69, 9.17) is 17.2 Å². The molecule has 0 saturated carbocycles. The maximum Gasteiger partial charge on any atom is 0.243 e. The van der Waals surface area contributed by atoms with Crippen molar-refractivity contribution in [3.63, 3.8) is 0 Å². The maximum atomic E-state index is 13.7. The molecule has 0 fully saturated rings. The number of nitrogens with one attached hydrogen (secondary N) is 5. The third-order valence-corrected chi connectivity index (χ3v) is 8.85. The number of unbranched alkanes of at least 4 members (excludes halogenated alkanes) is 12. The minimum atomic E-state index is -0.937. The van der Waals surface area contributed by atoms with Gasteiger partial charge in [0.05, 0.1) is 0 Å². The van der Waals surface area contributed by atoms with Crippen LogP contribution in [-0.4, -0.2) is 79.9 Å². The Balaban J connectivity index is 5.56. The molecule has 0 bridgehead atoms. The highest BCUT2D eigenvalue weighted by molar-refractivity contribution is 5.95. The van der Waals surface area contributed by atoms with Crippen molar-refractivity contribution in [1.29, 1.82) is 0 Å². The van der Waals surface area contributed by atoms with E-state index in [0.29, 0.717) is 84.0 Å². The largest absolute Gasteiger partial charge is 0.354 e. The second kappa shape index (κ2) is 32.2. The van der Waals surface area contributed by atoms with Crippen LogP contribution in [0.3, 0.4) is 0 Å². The van der Waals surface area contributed by atoms with Crippen LogP contribution in [0.15, 0.2) is 0 Å². The molecule has 0 aliphatic rings. The van der Waals surface area contributed by atoms with Crippen molar-refractivity contribution in [3.8, 4) is 0 Å². The Morgan fingerprint density at radius 2 is 0.860 bits per heavy atom. The van der Waals surface area contributed by atoms with Crippen molar-refractivity contribution in [1.82, 2.24) is 26.6 Å². The summed E-state index contributed by atoms with van der Waals surface area (Å²) >= 11 is 0. The topological polar surface area (TPSA) is 224 Å².